The van der Waals surface area contributed by atoms with Crippen molar-refractivity contribution in [2.24, 2.45) is 0 Å². The van der Waals surface area contributed by atoms with Crippen LogP contribution in [-0.2, 0) is 18.4 Å². The predicted molar refractivity (Wildman–Crippen MR) is 312 cm³/mol. The van der Waals surface area contributed by atoms with Gasteiger partial charge in [0, 0.05) is 6.42 Å². The molecule has 0 aromatic heterocycles. The van der Waals surface area contributed by atoms with Crippen LogP contribution in [-0.4, -0.2) is 68.5 Å². The number of nitrogens with zero attached hydrogens (tertiary/aromatic N) is 1. The number of likely N-dealkylation sites (N-methyl/N-ethyl adjacent to an activating group) is 1. The van der Waals surface area contributed by atoms with E-state index in [0.717, 1.165) is 38.5 Å². The predicted octanol–water partition coefficient (Wildman–Crippen LogP) is 19.4. The Balaban J connectivity index is 4.05. The average molecular weight is 1040 g/mol. The van der Waals surface area contributed by atoms with Crippen molar-refractivity contribution in [1.82, 2.24) is 5.32 Å². The zero-order valence-electron chi connectivity index (χ0n) is 49.4. The molecule has 0 saturated heterocycles. The Morgan fingerprint density at radius 1 is 0.431 bits per heavy atom. The summed E-state index contributed by atoms with van der Waals surface area (Å²) in [6.45, 7) is 4.79. The lowest BCUT2D eigenvalue weighted by atomic mass is 10.0. The molecule has 3 unspecified atom stereocenters. The maximum absolute atomic E-state index is 13.0. The average Bonchev–Trinajstić information content (AvgIpc) is 3.34. The Morgan fingerprint density at radius 2 is 0.681 bits per heavy atom. The molecule has 9 heteroatoms. The van der Waals surface area contributed by atoms with E-state index in [1.165, 1.54) is 283 Å². The zero-order chi connectivity index (χ0) is 52.7. The third-order valence-corrected chi connectivity index (χ3v) is 16.3. The smallest absolute Gasteiger partial charge is 0.268 e. The SMILES string of the molecule is CCCCCCCCCCCCCCCCCCCCCCCCCCCCC(O)C(COP(=O)([O-])OCC[N+](C)(C)C)NC(=O)CCCCCCCCCCCCCCCCCCCCCCCCCC. The largest absolute Gasteiger partial charge is 0.756 e. The fourth-order valence-corrected chi connectivity index (χ4v) is 11.0. The van der Waals surface area contributed by atoms with Crippen LogP contribution in [0, 0.1) is 0 Å². The number of hydrogen-bond acceptors (Lipinski definition) is 6. The van der Waals surface area contributed by atoms with Gasteiger partial charge in [0.2, 0.25) is 5.91 Å². The first kappa shape index (κ1) is 71.5. The van der Waals surface area contributed by atoms with Crippen molar-refractivity contribution in [2.45, 2.75) is 360 Å². The zero-order valence-corrected chi connectivity index (χ0v) is 50.3. The van der Waals surface area contributed by atoms with Crippen LogP contribution in [0.4, 0.5) is 0 Å². The van der Waals surface area contributed by atoms with Gasteiger partial charge in [-0.05, 0) is 12.8 Å². The van der Waals surface area contributed by atoms with E-state index in [1.807, 2.05) is 21.1 Å². The fourth-order valence-electron chi connectivity index (χ4n) is 10.3. The number of phosphoric acid groups is 1. The number of phosphoric ester groups is 1. The van der Waals surface area contributed by atoms with Crippen LogP contribution in [0.1, 0.15) is 348 Å². The molecule has 0 rings (SSSR count). The van der Waals surface area contributed by atoms with Gasteiger partial charge in [0.05, 0.1) is 39.9 Å². The van der Waals surface area contributed by atoms with E-state index >= 15 is 0 Å². The van der Waals surface area contributed by atoms with Crippen molar-refractivity contribution in [2.75, 3.05) is 40.9 Å². The third kappa shape index (κ3) is 57.2. The maximum atomic E-state index is 13.0. The molecule has 2 N–H and O–H groups in total. The van der Waals surface area contributed by atoms with Crippen LogP contribution < -0.4 is 10.2 Å². The van der Waals surface area contributed by atoms with Crippen molar-refractivity contribution in [3.05, 3.63) is 0 Å². The Morgan fingerprint density at radius 3 is 0.944 bits per heavy atom. The first-order valence-electron chi connectivity index (χ1n) is 32.4. The summed E-state index contributed by atoms with van der Waals surface area (Å²) in [4.78, 5) is 25.6. The number of aliphatic hydroxyl groups is 1. The van der Waals surface area contributed by atoms with Gasteiger partial charge < -0.3 is 28.8 Å². The Kier molecular flexibility index (Phi) is 54.9. The van der Waals surface area contributed by atoms with Crippen LogP contribution >= 0.6 is 7.82 Å². The summed E-state index contributed by atoms with van der Waals surface area (Å²) < 4.78 is 23.5. The highest BCUT2D eigenvalue weighted by molar-refractivity contribution is 7.45. The van der Waals surface area contributed by atoms with E-state index < -0.39 is 20.0 Å². The number of carbonyl (C=O) groups is 1. The molecule has 3 atom stereocenters. The van der Waals surface area contributed by atoms with Gasteiger partial charge >= 0.3 is 0 Å². The minimum absolute atomic E-state index is 0.0169. The normalized spacial score (nSPS) is 13.7. The van der Waals surface area contributed by atoms with Crippen molar-refractivity contribution in [1.29, 1.82) is 0 Å². The monoisotopic (exact) mass is 1040 g/mol. The van der Waals surface area contributed by atoms with Gasteiger partial charge in [-0.1, -0.05) is 328 Å². The molecule has 8 nitrogen and oxygen atoms in total. The summed E-state index contributed by atoms with van der Waals surface area (Å²) >= 11 is 0. The molecule has 0 heterocycles. The van der Waals surface area contributed by atoms with Crippen molar-refractivity contribution in [3.63, 3.8) is 0 Å². The molecule has 72 heavy (non-hydrogen) atoms. The second-order valence-electron chi connectivity index (χ2n) is 23.8. The van der Waals surface area contributed by atoms with E-state index in [1.54, 1.807) is 0 Å². The first-order chi connectivity index (χ1) is 35.0. The van der Waals surface area contributed by atoms with Gasteiger partial charge in [0.15, 0.2) is 0 Å². The molecule has 432 valence electrons. The van der Waals surface area contributed by atoms with E-state index in [-0.39, 0.29) is 19.1 Å². The molecule has 0 aliphatic rings. The molecule has 0 aromatic carbocycles. The topological polar surface area (TPSA) is 108 Å². The summed E-state index contributed by atoms with van der Waals surface area (Å²) in [5, 5.41) is 14.1. The van der Waals surface area contributed by atoms with Crippen LogP contribution in [0.5, 0.6) is 0 Å². The first-order valence-corrected chi connectivity index (χ1v) is 33.8. The number of quaternary nitrogens is 1. The van der Waals surface area contributed by atoms with Crippen LogP contribution in [0.3, 0.4) is 0 Å². The molecule has 0 bridgehead atoms. The van der Waals surface area contributed by atoms with Gasteiger partial charge in [0.1, 0.15) is 13.2 Å². The van der Waals surface area contributed by atoms with E-state index in [9.17, 15) is 19.4 Å². The highest BCUT2D eigenvalue weighted by Crippen LogP contribution is 2.38. The molecule has 0 radical (unpaired) electrons. The number of unbranched alkanes of at least 4 members (excludes halogenated alkanes) is 48. The molecular weight excluding hydrogens is 912 g/mol. The van der Waals surface area contributed by atoms with E-state index in [0.29, 0.717) is 23.9 Å². The lowest BCUT2D eigenvalue weighted by Gasteiger charge is -2.30. The summed E-state index contributed by atoms with van der Waals surface area (Å²) in [5.74, 6) is -0.154. The summed E-state index contributed by atoms with van der Waals surface area (Å²) in [7, 11) is 1.33. The summed E-state index contributed by atoms with van der Waals surface area (Å²) in [6.07, 6.45) is 67.3. The molecular formula is C63H129N2O6P. The second-order valence-corrected chi connectivity index (χ2v) is 25.3. The number of hydrogen-bond donors (Lipinski definition) is 2. The van der Waals surface area contributed by atoms with Crippen LogP contribution in [0.2, 0.25) is 0 Å². The minimum atomic E-state index is -4.57. The summed E-state index contributed by atoms with van der Waals surface area (Å²) in [5.41, 5.74) is 0. The number of aliphatic hydroxyl groups excluding tert-OH is 1. The van der Waals surface area contributed by atoms with Crippen molar-refractivity contribution >= 4 is 13.7 Å². The number of nitrogens with one attached hydrogen (secondary N) is 1. The lowest BCUT2D eigenvalue weighted by molar-refractivity contribution is -0.870. The highest BCUT2D eigenvalue weighted by atomic mass is 31.2. The van der Waals surface area contributed by atoms with Gasteiger partial charge in [-0.2, -0.15) is 0 Å². The molecule has 0 aliphatic carbocycles. The molecule has 1 amide bonds. The van der Waals surface area contributed by atoms with Gasteiger partial charge in [-0.25, -0.2) is 0 Å². The fraction of sp³-hybridized carbons (Fsp3) is 0.984. The number of carbonyl (C=O) groups excluding carboxylic acids is 1. The maximum Gasteiger partial charge on any atom is 0.268 e. The van der Waals surface area contributed by atoms with Crippen LogP contribution in [0.15, 0.2) is 0 Å². The summed E-state index contributed by atoms with van der Waals surface area (Å²) in [6, 6.07) is -0.796. The van der Waals surface area contributed by atoms with Crippen molar-refractivity contribution < 1.29 is 32.9 Å². The van der Waals surface area contributed by atoms with E-state index in [4.69, 9.17) is 9.05 Å². The Labute approximate surface area is 450 Å². The molecule has 0 spiro atoms. The quantitative estimate of drug-likeness (QED) is 0.0357. The molecule has 0 fully saturated rings. The third-order valence-electron chi connectivity index (χ3n) is 15.3. The molecule has 0 saturated carbocycles. The lowest BCUT2D eigenvalue weighted by Crippen LogP contribution is -2.46. The van der Waals surface area contributed by atoms with Gasteiger partial charge in [-0.3, -0.25) is 9.36 Å². The van der Waals surface area contributed by atoms with Crippen molar-refractivity contribution in [3.8, 4) is 0 Å². The van der Waals surface area contributed by atoms with E-state index in [2.05, 4.69) is 19.2 Å². The van der Waals surface area contributed by atoms with Gasteiger partial charge in [-0.15, -0.1) is 0 Å². The van der Waals surface area contributed by atoms with Gasteiger partial charge in [0.25, 0.3) is 7.82 Å². The molecule has 0 aromatic rings. The van der Waals surface area contributed by atoms with Crippen LogP contribution in [0.25, 0.3) is 0 Å². The Hall–Kier alpha value is -0.500. The Bertz CT molecular complexity index is 1140. The number of amides is 1. The molecule has 0 aliphatic heterocycles. The standard InChI is InChI=1S/C63H129N2O6P/c1-6-8-10-12-14-16-18-20-22-24-26-28-30-32-33-34-36-38-40-42-44-46-48-50-52-54-56-62(66)61(60-71-72(68,69)70-59-58-65(3,4)5)64-63(67)57-55-53-51-49-47-45-43-41-39-37-35-31-29-27-25-23-21-19-17-15-13-11-9-7-2/h61-62,66H,6-60H2,1-5H3,(H-,64,67,68,69). The minimum Gasteiger partial charge on any atom is -0.756 e. The number of rotatable bonds is 61. The highest BCUT2D eigenvalue weighted by Gasteiger charge is 2.24. The second kappa shape index (κ2) is 55.3.